The fraction of sp³-hybridized carbons (Fsp3) is 0.839. The van der Waals surface area contributed by atoms with E-state index in [4.69, 9.17) is 33.2 Å². The van der Waals surface area contributed by atoms with Crippen molar-refractivity contribution in [3.8, 4) is 11.5 Å². The zero-order valence-electron chi connectivity index (χ0n) is 43.8. The minimum absolute atomic E-state index is 0.0554. The molecule has 0 aliphatic rings. The summed E-state index contributed by atoms with van der Waals surface area (Å²) in [4.78, 5) is 39.2. The quantitative estimate of drug-likeness (QED) is 0.0269. The lowest BCUT2D eigenvalue weighted by Gasteiger charge is -2.18. The van der Waals surface area contributed by atoms with E-state index in [1.54, 1.807) is 0 Å². The van der Waals surface area contributed by atoms with E-state index in [0.29, 0.717) is 70.4 Å². The second kappa shape index (κ2) is 46.8. The first-order valence-corrected chi connectivity index (χ1v) is 27.5. The van der Waals surface area contributed by atoms with Crippen LogP contribution in [0.2, 0.25) is 0 Å². The molecule has 0 amide bonds. The SMILES string of the molecule is CCCCCCCCCC(=O)OCCCCCCCCOc1ccc(OCCCCCOC(=O)CCC(OCCCCCCCC)OCCCCCCCC)cc1COC(=O)CCCN(C)C. The van der Waals surface area contributed by atoms with Crippen molar-refractivity contribution in [3.05, 3.63) is 23.8 Å². The van der Waals surface area contributed by atoms with Gasteiger partial charge in [-0.05, 0) is 96.6 Å². The summed E-state index contributed by atoms with van der Waals surface area (Å²) in [5.74, 6) is 0.916. The number of hydrogen-bond donors (Lipinski definition) is 0. The summed E-state index contributed by atoms with van der Waals surface area (Å²) >= 11 is 0. The summed E-state index contributed by atoms with van der Waals surface area (Å²) in [5.41, 5.74) is 0.787. The Balaban J connectivity index is 2.42. The average Bonchev–Trinajstić information content (AvgIpc) is 3.31. The molecule has 0 radical (unpaired) electrons. The van der Waals surface area contributed by atoms with Crippen LogP contribution in [0.3, 0.4) is 0 Å². The molecule has 0 aliphatic heterocycles. The predicted molar refractivity (Wildman–Crippen MR) is 273 cm³/mol. The summed E-state index contributed by atoms with van der Waals surface area (Å²) in [6.07, 6.45) is 33.6. The molecule has 67 heavy (non-hydrogen) atoms. The van der Waals surface area contributed by atoms with Crippen molar-refractivity contribution in [2.24, 2.45) is 0 Å². The highest BCUT2D eigenvalue weighted by Crippen LogP contribution is 2.26. The molecule has 0 unspecified atom stereocenters. The van der Waals surface area contributed by atoms with Crippen molar-refractivity contribution in [2.75, 3.05) is 60.3 Å². The van der Waals surface area contributed by atoms with Crippen LogP contribution < -0.4 is 9.47 Å². The highest BCUT2D eigenvalue weighted by atomic mass is 16.7. The Morgan fingerprint density at radius 3 is 1.40 bits per heavy atom. The second-order valence-corrected chi connectivity index (χ2v) is 18.8. The van der Waals surface area contributed by atoms with Crippen molar-refractivity contribution >= 4 is 17.9 Å². The lowest BCUT2D eigenvalue weighted by Crippen LogP contribution is -2.21. The van der Waals surface area contributed by atoms with Gasteiger partial charge in [-0.25, -0.2) is 0 Å². The van der Waals surface area contributed by atoms with E-state index in [-0.39, 0.29) is 37.2 Å². The number of ether oxygens (including phenoxy) is 7. The minimum atomic E-state index is -0.362. The van der Waals surface area contributed by atoms with Crippen molar-refractivity contribution in [2.45, 2.75) is 246 Å². The largest absolute Gasteiger partial charge is 0.494 e. The molecule has 0 heterocycles. The molecule has 0 saturated heterocycles. The van der Waals surface area contributed by atoms with E-state index >= 15 is 0 Å². The number of esters is 3. The van der Waals surface area contributed by atoms with Gasteiger partial charge < -0.3 is 38.1 Å². The van der Waals surface area contributed by atoms with Gasteiger partial charge in [-0.2, -0.15) is 0 Å². The molecule has 11 heteroatoms. The topological polar surface area (TPSA) is 119 Å². The highest BCUT2D eigenvalue weighted by Gasteiger charge is 2.15. The standard InChI is InChI=1S/C56H101NO10/c1-6-9-12-15-18-21-27-35-53(58)63-44-29-25-20-19-24-28-43-62-52-38-37-51(48-50(52)49-67-54(59)36-34-41-57(4)5)61-42-32-26-33-45-64-55(60)39-40-56(65-46-30-22-16-13-10-7-2)66-47-31-23-17-14-11-8-3/h37-38,48,56H,6-36,39-47,49H2,1-5H3. The Bertz CT molecular complexity index is 1270. The van der Waals surface area contributed by atoms with Gasteiger partial charge in [0.2, 0.25) is 0 Å². The zero-order chi connectivity index (χ0) is 48.7. The molecule has 0 atom stereocenters. The van der Waals surface area contributed by atoms with Gasteiger partial charge in [-0.3, -0.25) is 14.4 Å². The van der Waals surface area contributed by atoms with Crippen molar-refractivity contribution < 1.29 is 47.5 Å². The molecule has 1 rings (SSSR count). The van der Waals surface area contributed by atoms with Crippen molar-refractivity contribution in [1.29, 1.82) is 0 Å². The van der Waals surface area contributed by atoms with E-state index in [9.17, 15) is 14.4 Å². The fourth-order valence-corrected chi connectivity index (χ4v) is 7.72. The summed E-state index contributed by atoms with van der Waals surface area (Å²) in [6.45, 7) is 11.0. The van der Waals surface area contributed by atoms with Crippen LogP contribution in [0, 0.1) is 0 Å². The highest BCUT2D eigenvalue weighted by molar-refractivity contribution is 5.70. The Kier molecular flexibility index (Phi) is 43.4. The maximum atomic E-state index is 12.6. The molecule has 1 aromatic carbocycles. The summed E-state index contributed by atoms with van der Waals surface area (Å²) in [5, 5.41) is 0. The monoisotopic (exact) mass is 948 g/mol. The molecule has 0 saturated carbocycles. The van der Waals surface area contributed by atoms with Crippen LogP contribution in [0.15, 0.2) is 18.2 Å². The smallest absolute Gasteiger partial charge is 0.306 e. The van der Waals surface area contributed by atoms with Gasteiger partial charge in [-0.1, -0.05) is 149 Å². The number of benzene rings is 1. The first-order chi connectivity index (χ1) is 32.8. The Hall–Kier alpha value is -2.89. The molecule has 1 aromatic rings. The summed E-state index contributed by atoms with van der Waals surface area (Å²) in [6, 6.07) is 5.72. The van der Waals surface area contributed by atoms with Gasteiger partial charge in [0, 0.05) is 38.0 Å². The third kappa shape index (κ3) is 40.7. The van der Waals surface area contributed by atoms with Gasteiger partial charge in [0.05, 0.1) is 32.8 Å². The number of nitrogens with zero attached hydrogens (tertiary/aromatic N) is 1. The molecule has 0 fully saturated rings. The van der Waals surface area contributed by atoms with E-state index in [1.165, 1.54) is 96.3 Å². The Labute approximate surface area is 410 Å². The van der Waals surface area contributed by atoms with Crippen LogP contribution in [-0.4, -0.2) is 89.4 Å². The molecule has 0 N–H and O–H groups in total. The summed E-state index contributed by atoms with van der Waals surface area (Å²) in [7, 11) is 3.98. The zero-order valence-corrected chi connectivity index (χ0v) is 43.8. The fourth-order valence-electron chi connectivity index (χ4n) is 7.72. The predicted octanol–water partition coefficient (Wildman–Crippen LogP) is 14.4. The maximum absolute atomic E-state index is 12.6. The van der Waals surface area contributed by atoms with Crippen LogP contribution in [0.5, 0.6) is 11.5 Å². The number of unbranched alkanes of at least 4 members (excludes halogenated alkanes) is 23. The molecule has 390 valence electrons. The van der Waals surface area contributed by atoms with Gasteiger partial charge in [0.25, 0.3) is 0 Å². The lowest BCUT2D eigenvalue weighted by molar-refractivity contribution is -0.159. The first kappa shape index (κ1) is 62.1. The third-order valence-corrected chi connectivity index (χ3v) is 12.0. The van der Waals surface area contributed by atoms with Crippen LogP contribution in [0.4, 0.5) is 0 Å². The molecule has 11 nitrogen and oxygen atoms in total. The molecule has 0 bridgehead atoms. The van der Waals surface area contributed by atoms with Crippen LogP contribution in [0.25, 0.3) is 0 Å². The maximum Gasteiger partial charge on any atom is 0.306 e. The number of carbonyl (C=O) groups excluding carboxylic acids is 3. The van der Waals surface area contributed by atoms with Crippen molar-refractivity contribution in [3.63, 3.8) is 0 Å². The lowest BCUT2D eigenvalue weighted by atomic mass is 10.1. The number of hydrogen-bond acceptors (Lipinski definition) is 11. The Morgan fingerprint density at radius 1 is 0.448 bits per heavy atom. The van der Waals surface area contributed by atoms with E-state index in [0.717, 1.165) is 102 Å². The second-order valence-electron chi connectivity index (χ2n) is 18.8. The molecular formula is C56H101NO10. The van der Waals surface area contributed by atoms with E-state index in [2.05, 4.69) is 25.7 Å². The van der Waals surface area contributed by atoms with Crippen LogP contribution in [0.1, 0.15) is 238 Å². The van der Waals surface area contributed by atoms with E-state index < -0.39 is 0 Å². The number of carbonyl (C=O) groups is 3. The van der Waals surface area contributed by atoms with Crippen LogP contribution in [-0.2, 0) is 44.7 Å². The van der Waals surface area contributed by atoms with Gasteiger partial charge in [0.15, 0.2) is 6.29 Å². The first-order valence-electron chi connectivity index (χ1n) is 27.5. The van der Waals surface area contributed by atoms with Gasteiger partial charge in [-0.15, -0.1) is 0 Å². The molecule has 0 aromatic heterocycles. The van der Waals surface area contributed by atoms with E-state index in [1.807, 2.05) is 32.3 Å². The molecular weight excluding hydrogens is 847 g/mol. The number of rotatable bonds is 50. The van der Waals surface area contributed by atoms with Crippen LogP contribution >= 0.6 is 0 Å². The minimum Gasteiger partial charge on any atom is -0.494 e. The molecule has 0 aliphatic carbocycles. The van der Waals surface area contributed by atoms with Gasteiger partial charge in [0.1, 0.15) is 18.1 Å². The third-order valence-electron chi connectivity index (χ3n) is 12.0. The average molecular weight is 948 g/mol. The molecule has 0 spiro atoms. The summed E-state index contributed by atoms with van der Waals surface area (Å²) < 4.78 is 41.2. The Morgan fingerprint density at radius 2 is 0.866 bits per heavy atom. The van der Waals surface area contributed by atoms with Gasteiger partial charge >= 0.3 is 17.9 Å². The van der Waals surface area contributed by atoms with Crippen molar-refractivity contribution in [1.82, 2.24) is 4.90 Å². The normalized spacial score (nSPS) is 11.4.